The summed E-state index contributed by atoms with van der Waals surface area (Å²) in [4.78, 5) is 11.2. The molecule has 140 valence electrons. The zero-order valence-electron chi connectivity index (χ0n) is 14.0. The SMILES string of the molecule is CCCOc1ccc(N(CC(N)=O)S(=O)(=O)c2cc(Cl)ccc2Cl)cc1. The molecular formula is C17H18Cl2N2O4S. The summed E-state index contributed by atoms with van der Waals surface area (Å²) >= 11 is 11.9. The molecule has 2 rings (SSSR count). The van der Waals surface area contributed by atoms with Gasteiger partial charge in [-0.3, -0.25) is 9.10 Å². The number of ether oxygens (including phenoxy) is 1. The highest BCUT2D eigenvalue weighted by Crippen LogP contribution is 2.31. The summed E-state index contributed by atoms with van der Waals surface area (Å²) in [6.07, 6.45) is 0.844. The minimum absolute atomic E-state index is 0.00762. The summed E-state index contributed by atoms with van der Waals surface area (Å²) in [6.45, 7) is 1.98. The van der Waals surface area contributed by atoms with Crippen molar-refractivity contribution < 1.29 is 17.9 Å². The zero-order valence-corrected chi connectivity index (χ0v) is 16.3. The number of anilines is 1. The Morgan fingerprint density at radius 3 is 2.38 bits per heavy atom. The highest BCUT2D eigenvalue weighted by atomic mass is 35.5. The van der Waals surface area contributed by atoms with E-state index in [9.17, 15) is 13.2 Å². The number of hydrogen-bond donors (Lipinski definition) is 1. The van der Waals surface area contributed by atoms with Crippen LogP contribution in [-0.4, -0.2) is 27.5 Å². The second kappa shape index (κ2) is 8.62. The smallest absolute Gasteiger partial charge is 0.266 e. The molecular weight excluding hydrogens is 399 g/mol. The fourth-order valence-electron chi connectivity index (χ4n) is 2.18. The van der Waals surface area contributed by atoms with E-state index in [2.05, 4.69) is 0 Å². The van der Waals surface area contributed by atoms with Crippen LogP contribution in [0.1, 0.15) is 13.3 Å². The van der Waals surface area contributed by atoms with Gasteiger partial charge in [0.05, 0.1) is 17.3 Å². The first-order valence-corrected chi connectivity index (χ1v) is 9.94. The van der Waals surface area contributed by atoms with Gasteiger partial charge < -0.3 is 10.5 Å². The fourth-order valence-corrected chi connectivity index (χ4v) is 4.35. The van der Waals surface area contributed by atoms with Crippen LogP contribution in [0.15, 0.2) is 47.4 Å². The molecule has 0 radical (unpaired) electrons. The molecule has 0 saturated heterocycles. The normalized spacial score (nSPS) is 11.2. The van der Waals surface area contributed by atoms with Gasteiger partial charge in [-0.2, -0.15) is 0 Å². The average Bonchev–Trinajstić information content (AvgIpc) is 2.60. The molecule has 2 aromatic rings. The molecule has 2 N–H and O–H groups in total. The maximum Gasteiger partial charge on any atom is 0.266 e. The van der Waals surface area contributed by atoms with Crippen molar-refractivity contribution in [3.63, 3.8) is 0 Å². The van der Waals surface area contributed by atoms with E-state index >= 15 is 0 Å². The number of rotatable bonds is 8. The van der Waals surface area contributed by atoms with E-state index in [0.717, 1.165) is 10.7 Å². The maximum atomic E-state index is 13.0. The van der Waals surface area contributed by atoms with E-state index in [1.807, 2.05) is 6.92 Å². The predicted molar refractivity (Wildman–Crippen MR) is 102 cm³/mol. The van der Waals surface area contributed by atoms with Gasteiger partial charge in [-0.25, -0.2) is 8.42 Å². The highest BCUT2D eigenvalue weighted by molar-refractivity contribution is 7.93. The topological polar surface area (TPSA) is 89.7 Å². The minimum Gasteiger partial charge on any atom is -0.494 e. The van der Waals surface area contributed by atoms with Gasteiger partial charge in [0.1, 0.15) is 17.2 Å². The standard InChI is InChI=1S/C17H18Cl2N2O4S/c1-2-9-25-14-6-4-13(5-7-14)21(11-17(20)22)26(23,24)16-10-12(18)3-8-15(16)19/h3-8,10H,2,9,11H2,1H3,(H2,20,22). The van der Waals surface area contributed by atoms with Gasteiger partial charge in [-0.1, -0.05) is 30.1 Å². The van der Waals surface area contributed by atoms with Gasteiger partial charge in [-0.05, 0) is 48.9 Å². The van der Waals surface area contributed by atoms with E-state index in [-0.39, 0.29) is 20.6 Å². The lowest BCUT2D eigenvalue weighted by Gasteiger charge is -2.24. The summed E-state index contributed by atoms with van der Waals surface area (Å²) < 4.78 is 32.4. The predicted octanol–water partition coefficient (Wildman–Crippen LogP) is 3.46. The van der Waals surface area contributed by atoms with Crippen molar-refractivity contribution in [2.75, 3.05) is 17.5 Å². The number of halogens is 2. The number of nitrogens with two attached hydrogens (primary N) is 1. The first kappa shape index (κ1) is 20.4. The molecule has 0 saturated carbocycles. The minimum atomic E-state index is -4.16. The number of carbonyl (C=O) groups excluding carboxylic acids is 1. The number of carbonyl (C=O) groups is 1. The summed E-state index contributed by atoms with van der Waals surface area (Å²) in [7, 11) is -4.16. The van der Waals surface area contributed by atoms with Crippen molar-refractivity contribution in [3.8, 4) is 5.75 Å². The van der Waals surface area contributed by atoms with Crippen LogP contribution in [0.3, 0.4) is 0 Å². The van der Waals surface area contributed by atoms with Crippen molar-refractivity contribution in [1.29, 1.82) is 0 Å². The summed E-state index contributed by atoms with van der Waals surface area (Å²) in [5.41, 5.74) is 5.49. The quantitative estimate of drug-likeness (QED) is 0.712. The Hall–Kier alpha value is -1.96. The molecule has 1 amide bonds. The van der Waals surface area contributed by atoms with Crippen molar-refractivity contribution in [2.24, 2.45) is 5.73 Å². The fraction of sp³-hybridized carbons (Fsp3) is 0.235. The summed E-state index contributed by atoms with van der Waals surface area (Å²) in [5, 5.41) is 0.196. The largest absolute Gasteiger partial charge is 0.494 e. The molecule has 2 aromatic carbocycles. The molecule has 0 aliphatic rings. The molecule has 0 aliphatic heterocycles. The lowest BCUT2D eigenvalue weighted by atomic mass is 10.3. The molecule has 0 aliphatic carbocycles. The third-order valence-corrected chi connectivity index (χ3v) is 5.85. The number of benzene rings is 2. The van der Waals surface area contributed by atoms with E-state index in [0.29, 0.717) is 12.4 Å². The highest BCUT2D eigenvalue weighted by Gasteiger charge is 2.29. The first-order chi connectivity index (χ1) is 12.3. The Labute approximate surface area is 162 Å². The van der Waals surface area contributed by atoms with Crippen molar-refractivity contribution in [2.45, 2.75) is 18.2 Å². The van der Waals surface area contributed by atoms with Crippen molar-refractivity contribution in [1.82, 2.24) is 0 Å². The van der Waals surface area contributed by atoms with E-state index in [1.54, 1.807) is 12.1 Å². The number of sulfonamides is 1. The lowest BCUT2D eigenvalue weighted by molar-refractivity contribution is -0.116. The molecule has 0 aromatic heterocycles. The molecule has 26 heavy (non-hydrogen) atoms. The second-order valence-electron chi connectivity index (χ2n) is 5.40. The van der Waals surface area contributed by atoms with E-state index in [4.69, 9.17) is 33.7 Å². The van der Waals surface area contributed by atoms with E-state index < -0.39 is 22.5 Å². The molecule has 0 unspecified atom stereocenters. The van der Waals surface area contributed by atoms with Gasteiger partial charge in [0.2, 0.25) is 5.91 Å². The average molecular weight is 417 g/mol. The molecule has 0 bridgehead atoms. The van der Waals surface area contributed by atoms with Crippen LogP contribution in [0.25, 0.3) is 0 Å². The van der Waals surface area contributed by atoms with Crippen LogP contribution in [0.5, 0.6) is 5.75 Å². The molecule has 0 spiro atoms. The van der Waals surface area contributed by atoms with Gasteiger partial charge in [-0.15, -0.1) is 0 Å². The van der Waals surface area contributed by atoms with Gasteiger partial charge in [0.25, 0.3) is 10.0 Å². The number of amides is 1. The molecule has 6 nitrogen and oxygen atoms in total. The molecule has 0 fully saturated rings. The Bertz CT molecular complexity index is 886. The monoisotopic (exact) mass is 416 g/mol. The van der Waals surface area contributed by atoms with Crippen molar-refractivity contribution in [3.05, 3.63) is 52.5 Å². The molecule has 0 atom stereocenters. The van der Waals surface area contributed by atoms with Gasteiger partial charge in [0, 0.05) is 5.02 Å². The van der Waals surface area contributed by atoms with Crippen LogP contribution in [0.4, 0.5) is 5.69 Å². The summed E-state index contributed by atoms with van der Waals surface area (Å²) in [5.74, 6) is -0.217. The Morgan fingerprint density at radius 2 is 1.81 bits per heavy atom. The van der Waals surface area contributed by atoms with Crippen LogP contribution in [0, 0.1) is 0 Å². The van der Waals surface area contributed by atoms with Crippen molar-refractivity contribution >= 4 is 44.8 Å². The third kappa shape index (κ3) is 4.81. The van der Waals surface area contributed by atoms with Crippen LogP contribution < -0.4 is 14.8 Å². The number of nitrogens with zero attached hydrogens (tertiary/aromatic N) is 1. The Balaban J connectivity index is 2.46. The lowest BCUT2D eigenvalue weighted by Crippen LogP contribution is -2.38. The van der Waals surface area contributed by atoms with Crippen LogP contribution in [0.2, 0.25) is 10.0 Å². The van der Waals surface area contributed by atoms with Crippen LogP contribution >= 0.6 is 23.2 Å². The summed E-state index contributed by atoms with van der Waals surface area (Å²) in [6, 6.07) is 10.4. The second-order valence-corrected chi connectivity index (χ2v) is 8.07. The molecule has 9 heteroatoms. The third-order valence-electron chi connectivity index (χ3n) is 3.36. The Morgan fingerprint density at radius 1 is 1.15 bits per heavy atom. The van der Waals surface area contributed by atoms with Crippen LogP contribution in [-0.2, 0) is 14.8 Å². The van der Waals surface area contributed by atoms with Gasteiger partial charge >= 0.3 is 0 Å². The first-order valence-electron chi connectivity index (χ1n) is 7.74. The number of primary amides is 1. The zero-order chi connectivity index (χ0) is 19.3. The Kier molecular flexibility index (Phi) is 6.75. The molecule has 0 heterocycles. The maximum absolute atomic E-state index is 13.0. The van der Waals surface area contributed by atoms with Gasteiger partial charge in [0.15, 0.2) is 0 Å². The number of hydrogen-bond acceptors (Lipinski definition) is 4. The van der Waals surface area contributed by atoms with E-state index in [1.165, 1.54) is 30.3 Å².